The summed E-state index contributed by atoms with van der Waals surface area (Å²) >= 11 is 12.1. The molecular weight excluding hydrogens is 371 g/mol. The first-order valence-corrected chi connectivity index (χ1v) is 10.1. The van der Waals surface area contributed by atoms with Crippen LogP contribution in [0.5, 0.6) is 0 Å². The standard InChI is InChI=1S/C16H20Cl2N2O3S/c1-15(11-16(15,17)18)14(21)20-9-7-12(8-10-20)19-24(22,23)13-5-3-2-4-6-13/h2-6,12,19H,7-11H2,1H3/t15-/m1/s1. The van der Waals surface area contributed by atoms with E-state index in [-0.39, 0.29) is 16.8 Å². The van der Waals surface area contributed by atoms with Crippen molar-refractivity contribution in [3.05, 3.63) is 30.3 Å². The van der Waals surface area contributed by atoms with Gasteiger partial charge in [0.2, 0.25) is 15.9 Å². The molecule has 1 aromatic carbocycles. The number of piperidine rings is 1. The number of sulfonamides is 1. The highest BCUT2D eigenvalue weighted by atomic mass is 35.5. The van der Waals surface area contributed by atoms with Crippen molar-refractivity contribution >= 4 is 39.1 Å². The van der Waals surface area contributed by atoms with Crippen molar-refractivity contribution in [1.29, 1.82) is 0 Å². The average Bonchev–Trinajstić information content (AvgIpc) is 3.07. The van der Waals surface area contributed by atoms with Crippen LogP contribution in [-0.2, 0) is 14.8 Å². The van der Waals surface area contributed by atoms with E-state index in [1.165, 1.54) is 0 Å². The summed E-state index contributed by atoms with van der Waals surface area (Å²) in [4.78, 5) is 14.5. The van der Waals surface area contributed by atoms with Crippen LogP contribution in [0.2, 0.25) is 0 Å². The van der Waals surface area contributed by atoms with E-state index in [0.29, 0.717) is 32.4 Å². The number of halogens is 2. The fourth-order valence-corrected chi connectivity index (χ4v) is 5.09. The molecule has 5 nitrogen and oxygen atoms in total. The number of carbonyl (C=O) groups is 1. The van der Waals surface area contributed by atoms with Gasteiger partial charge in [-0.25, -0.2) is 13.1 Å². The first-order valence-electron chi connectivity index (χ1n) is 7.90. The van der Waals surface area contributed by atoms with Crippen molar-refractivity contribution < 1.29 is 13.2 Å². The molecule has 1 saturated heterocycles. The predicted molar refractivity (Wildman–Crippen MR) is 93.5 cm³/mol. The van der Waals surface area contributed by atoms with Gasteiger partial charge in [0.05, 0.1) is 10.3 Å². The third kappa shape index (κ3) is 3.29. The number of hydrogen-bond acceptors (Lipinski definition) is 3. The van der Waals surface area contributed by atoms with Crippen LogP contribution in [0.25, 0.3) is 0 Å². The van der Waals surface area contributed by atoms with Crippen LogP contribution in [0.3, 0.4) is 0 Å². The van der Waals surface area contributed by atoms with Gasteiger partial charge < -0.3 is 4.90 Å². The third-order valence-corrected chi connectivity index (χ3v) is 7.53. The molecule has 0 radical (unpaired) electrons. The van der Waals surface area contributed by atoms with Gasteiger partial charge in [-0.1, -0.05) is 18.2 Å². The average molecular weight is 391 g/mol. The minimum Gasteiger partial charge on any atom is -0.342 e. The molecule has 1 aliphatic carbocycles. The highest BCUT2D eigenvalue weighted by molar-refractivity contribution is 7.89. The molecule has 1 atom stereocenters. The van der Waals surface area contributed by atoms with Crippen molar-refractivity contribution in [1.82, 2.24) is 9.62 Å². The summed E-state index contributed by atoms with van der Waals surface area (Å²) in [5, 5.41) is 0. The summed E-state index contributed by atoms with van der Waals surface area (Å²) < 4.78 is 26.4. The minimum absolute atomic E-state index is 0.0446. The molecule has 132 valence electrons. The summed E-state index contributed by atoms with van der Waals surface area (Å²) in [7, 11) is -3.53. The Kier molecular flexibility index (Phi) is 4.62. The van der Waals surface area contributed by atoms with E-state index in [9.17, 15) is 13.2 Å². The number of nitrogens with zero attached hydrogens (tertiary/aromatic N) is 1. The van der Waals surface area contributed by atoms with Gasteiger partial charge >= 0.3 is 0 Å². The first kappa shape index (κ1) is 18.0. The van der Waals surface area contributed by atoms with Gasteiger partial charge in [0.1, 0.15) is 4.33 Å². The van der Waals surface area contributed by atoms with Crippen LogP contribution in [0, 0.1) is 5.41 Å². The van der Waals surface area contributed by atoms with E-state index in [0.717, 1.165) is 0 Å². The van der Waals surface area contributed by atoms with Crippen molar-refractivity contribution in [2.24, 2.45) is 5.41 Å². The lowest BCUT2D eigenvalue weighted by Crippen LogP contribution is -2.48. The second-order valence-corrected chi connectivity index (χ2v) is 9.91. The number of carbonyl (C=O) groups excluding carboxylic acids is 1. The highest BCUT2D eigenvalue weighted by Crippen LogP contribution is 2.64. The number of likely N-dealkylation sites (tertiary alicyclic amines) is 1. The molecular formula is C16H20Cl2N2O3S. The maximum absolute atomic E-state index is 12.5. The second kappa shape index (κ2) is 6.16. The Balaban J connectivity index is 1.57. The Bertz CT molecular complexity index is 731. The molecule has 0 bridgehead atoms. The van der Waals surface area contributed by atoms with Crippen molar-refractivity contribution in [3.63, 3.8) is 0 Å². The summed E-state index contributed by atoms with van der Waals surface area (Å²) in [5.74, 6) is -0.0446. The number of amides is 1. The molecule has 1 aliphatic heterocycles. The smallest absolute Gasteiger partial charge is 0.240 e. The van der Waals surface area contributed by atoms with Crippen LogP contribution in [0.15, 0.2) is 35.2 Å². The summed E-state index contributed by atoms with van der Waals surface area (Å²) in [6.07, 6.45) is 1.61. The van der Waals surface area contributed by atoms with Crippen molar-refractivity contribution in [3.8, 4) is 0 Å². The maximum Gasteiger partial charge on any atom is 0.240 e. The molecule has 0 aromatic heterocycles. The summed E-state index contributed by atoms with van der Waals surface area (Å²) in [6, 6.07) is 8.11. The molecule has 0 spiro atoms. The molecule has 24 heavy (non-hydrogen) atoms. The van der Waals surface area contributed by atoms with E-state index in [1.807, 2.05) is 0 Å². The van der Waals surface area contributed by atoms with Crippen LogP contribution >= 0.6 is 23.2 Å². The highest BCUT2D eigenvalue weighted by Gasteiger charge is 2.68. The Labute approximate surface area is 152 Å². The molecule has 1 aromatic rings. The van der Waals surface area contributed by atoms with Crippen molar-refractivity contribution in [2.45, 2.75) is 41.5 Å². The molecule has 0 unspecified atom stereocenters. The van der Waals surface area contributed by atoms with E-state index in [2.05, 4.69) is 4.72 Å². The van der Waals surface area contributed by atoms with Crippen molar-refractivity contribution in [2.75, 3.05) is 13.1 Å². The second-order valence-electron chi connectivity index (χ2n) is 6.71. The zero-order valence-corrected chi connectivity index (χ0v) is 15.7. The van der Waals surface area contributed by atoms with Crippen LogP contribution in [0.1, 0.15) is 26.2 Å². The van der Waals surface area contributed by atoms with Gasteiger partial charge in [0.15, 0.2) is 0 Å². The lowest BCUT2D eigenvalue weighted by Gasteiger charge is -2.34. The maximum atomic E-state index is 12.5. The van der Waals surface area contributed by atoms with Gasteiger partial charge in [-0.2, -0.15) is 0 Å². The van der Waals surface area contributed by atoms with E-state index >= 15 is 0 Å². The van der Waals surface area contributed by atoms with Crippen LogP contribution in [0.4, 0.5) is 0 Å². The predicted octanol–water partition coefficient (Wildman–Crippen LogP) is 2.54. The van der Waals surface area contributed by atoms with Gasteiger partial charge in [-0.05, 0) is 38.3 Å². The van der Waals surface area contributed by atoms with E-state index in [1.54, 1.807) is 42.2 Å². The fraction of sp³-hybridized carbons (Fsp3) is 0.562. The Morgan fingerprint density at radius 2 is 1.75 bits per heavy atom. The molecule has 1 N–H and O–H groups in total. The zero-order valence-electron chi connectivity index (χ0n) is 13.3. The molecule has 2 aliphatic rings. The van der Waals surface area contributed by atoms with Crippen LogP contribution < -0.4 is 4.72 Å². The Morgan fingerprint density at radius 1 is 1.21 bits per heavy atom. The molecule has 1 heterocycles. The molecule has 2 fully saturated rings. The van der Waals surface area contributed by atoms with E-state index in [4.69, 9.17) is 23.2 Å². The lowest BCUT2D eigenvalue weighted by atomic mass is 10.0. The SMILES string of the molecule is C[C@]1(C(=O)N2CCC(NS(=O)(=O)c3ccccc3)CC2)CC1(Cl)Cl. The topological polar surface area (TPSA) is 66.5 Å². The van der Waals surface area contributed by atoms with Crippen LogP contribution in [-0.4, -0.2) is 42.7 Å². The number of rotatable bonds is 4. The van der Waals surface area contributed by atoms with Gasteiger partial charge in [-0.3, -0.25) is 4.79 Å². The number of benzene rings is 1. The zero-order chi connectivity index (χ0) is 17.6. The normalized spacial score (nSPS) is 27.0. The molecule has 3 rings (SSSR count). The van der Waals surface area contributed by atoms with Gasteiger partial charge in [0.25, 0.3) is 0 Å². The monoisotopic (exact) mass is 390 g/mol. The molecule has 1 amide bonds. The summed E-state index contributed by atoms with van der Waals surface area (Å²) in [5.41, 5.74) is -0.716. The van der Waals surface area contributed by atoms with Gasteiger partial charge in [0, 0.05) is 19.1 Å². The third-order valence-electron chi connectivity index (χ3n) is 4.89. The lowest BCUT2D eigenvalue weighted by molar-refractivity contribution is -0.137. The Hall–Kier alpha value is -0.820. The number of alkyl halides is 2. The molecule has 1 saturated carbocycles. The number of nitrogens with one attached hydrogen (secondary N) is 1. The first-order chi connectivity index (χ1) is 11.2. The largest absolute Gasteiger partial charge is 0.342 e. The minimum atomic E-state index is -3.53. The molecule has 8 heteroatoms. The number of hydrogen-bond donors (Lipinski definition) is 1. The quantitative estimate of drug-likeness (QED) is 0.803. The summed E-state index contributed by atoms with van der Waals surface area (Å²) in [6.45, 7) is 2.78. The van der Waals surface area contributed by atoms with Gasteiger partial charge in [-0.15, -0.1) is 23.2 Å². The van der Waals surface area contributed by atoms with E-state index < -0.39 is 19.8 Å². The fourth-order valence-electron chi connectivity index (χ4n) is 3.07. The Morgan fingerprint density at radius 3 is 2.25 bits per heavy atom.